The normalized spacial score (nSPS) is 17.5. The summed E-state index contributed by atoms with van der Waals surface area (Å²) in [7, 11) is 0. The summed E-state index contributed by atoms with van der Waals surface area (Å²) in [4.78, 5) is 37.2. The largest absolute Gasteiger partial charge is 0.367 e. The lowest BCUT2D eigenvalue weighted by Crippen LogP contribution is -2.30. The molecule has 0 radical (unpaired) electrons. The summed E-state index contributed by atoms with van der Waals surface area (Å²) in [5.41, 5.74) is 2.41. The van der Waals surface area contributed by atoms with Crippen LogP contribution in [0.3, 0.4) is 0 Å². The van der Waals surface area contributed by atoms with Crippen molar-refractivity contribution in [3.63, 3.8) is 0 Å². The maximum atomic E-state index is 13.1. The summed E-state index contributed by atoms with van der Waals surface area (Å²) in [5, 5.41) is 9.67. The van der Waals surface area contributed by atoms with E-state index in [1.807, 2.05) is 35.0 Å². The molecule has 9 heteroatoms. The zero-order chi connectivity index (χ0) is 24.5. The van der Waals surface area contributed by atoms with Gasteiger partial charge in [0, 0.05) is 49.3 Å². The van der Waals surface area contributed by atoms with Crippen LogP contribution in [0.5, 0.6) is 0 Å². The molecule has 184 valence electrons. The highest BCUT2D eigenvalue weighted by molar-refractivity contribution is 5.98. The Morgan fingerprint density at radius 3 is 2.66 bits per heavy atom. The van der Waals surface area contributed by atoms with Gasteiger partial charge in [-0.1, -0.05) is 25.5 Å². The first-order valence-corrected chi connectivity index (χ1v) is 12.3. The van der Waals surface area contributed by atoms with E-state index in [4.69, 9.17) is 0 Å². The van der Waals surface area contributed by atoms with E-state index in [2.05, 4.69) is 37.8 Å². The lowest BCUT2D eigenvalue weighted by atomic mass is 9.87. The lowest BCUT2D eigenvalue weighted by Gasteiger charge is -2.27. The van der Waals surface area contributed by atoms with Crippen molar-refractivity contribution in [2.24, 2.45) is 5.92 Å². The molecule has 1 fully saturated rings. The molecule has 35 heavy (non-hydrogen) atoms. The minimum Gasteiger partial charge on any atom is -0.367 e. The predicted octanol–water partition coefficient (Wildman–Crippen LogP) is 3.97. The molecule has 0 bridgehead atoms. The van der Waals surface area contributed by atoms with Crippen LogP contribution in [0.1, 0.15) is 61.4 Å². The predicted molar refractivity (Wildman–Crippen MR) is 136 cm³/mol. The van der Waals surface area contributed by atoms with Gasteiger partial charge >= 0.3 is 0 Å². The molecule has 1 aliphatic carbocycles. The molecule has 1 saturated carbocycles. The molecule has 0 atom stereocenters. The van der Waals surface area contributed by atoms with Crippen LogP contribution in [0.4, 0.5) is 11.8 Å². The quantitative estimate of drug-likeness (QED) is 0.284. The molecule has 3 aromatic rings. The second-order valence-corrected chi connectivity index (χ2v) is 8.95. The van der Waals surface area contributed by atoms with E-state index in [1.54, 1.807) is 18.7 Å². The molecule has 1 aliphatic rings. The minimum atomic E-state index is -0.229. The standard InChI is InChI=1S/C26H33N7O2/c1-2-3-12-28-26-30-16-23(24(32-26)31-21-8-4-20(17-34)5-9-21)25(35)29-15-19-6-10-22(11-7-19)33-14-13-27-18-33/h6-7,10-11,13-14,16-18,20-21H,2-5,8-9,12,15H2,1H3,(H,29,35)(H2,28,30,31,32). The average Bonchev–Trinajstić information content (AvgIpc) is 3.44. The second kappa shape index (κ2) is 12.1. The van der Waals surface area contributed by atoms with Gasteiger partial charge in [-0.3, -0.25) is 4.79 Å². The van der Waals surface area contributed by atoms with Crippen molar-refractivity contribution in [1.29, 1.82) is 0 Å². The van der Waals surface area contributed by atoms with Crippen molar-refractivity contribution in [3.05, 3.63) is 60.3 Å². The number of carbonyl (C=O) groups excluding carboxylic acids is 2. The SMILES string of the molecule is CCCCNc1ncc(C(=O)NCc2ccc(-n3ccnc3)cc2)c(NC2CCC(C=O)CC2)n1. The Bertz CT molecular complexity index is 1090. The number of nitrogens with one attached hydrogen (secondary N) is 3. The number of amides is 1. The van der Waals surface area contributed by atoms with E-state index >= 15 is 0 Å². The van der Waals surface area contributed by atoms with Crippen molar-refractivity contribution in [3.8, 4) is 5.69 Å². The monoisotopic (exact) mass is 475 g/mol. The van der Waals surface area contributed by atoms with Crippen LogP contribution >= 0.6 is 0 Å². The molecule has 2 heterocycles. The number of aldehydes is 1. The van der Waals surface area contributed by atoms with Crippen molar-refractivity contribution in [2.75, 3.05) is 17.2 Å². The summed E-state index contributed by atoms with van der Waals surface area (Å²) in [6.45, 7) is 3.30. The van der Waals surface area contributed by atoms with E-state index in [0.29, 0.717) is 23.9 Å². The Hall–Kier alpha value is -3.75. The van der Waals surface area contributed by atoms with E-state index in [1.165, 1.54) is 0 Å². The van der Waals surface area contributed by atoms with E-state index < -0.39 is 0 Å². The number of rotatable bonds is 11. The maximum Gasteiger partial charge on any atom is 0.256 e. The zero-order valence-corrected chi connectivity index (χ0v) is 20.1. The third kappa shape index (κ3) is 6.65. The van der Waals surface area contributed by atoms with Crippen LogP contribution in [0.15, 0.2) is 49.2 Å². The summed E-state index contributed by atoms with van der Waals surface area (Å²) in [5.74, 6) is 0.941. The van der Waals surface area contributed by atoms with Crippen LogP contribution < -0.4 is 16.0 Å². The Morgan fingerprint density at radius 2 is 1.97 bits per heavy atom. The molecule has 1 amide bonds. The minimum absolute atomic E-state index is 0.132. The van der Waals surface area contributed by atoms with Gasteiger partial charge in [-0.15, -0.1) is 0 Å². The summed E-state index contributed by atoms with van der Waals surface area (Å²) < 4.78 is 1.93. The van der Waals surface area contributed by atoms with E-state index in [0.717, 1.165) is 62.6 Å². The van der Waals surface area contributed by atoms with Gasteiger partial charge < -0.3 is 25.3 Å². The number of unbranched alkanes of at least 4 members (excludes halogenated alkanes) is 1. The summed E-state index contributed by atoms with van der Waals surface area (Å²) in [6.07, 6.45) is 13.5. The number of anilines is 2. The average molecular weight is 476 g/mol. The Labute approximate surface area is 205 Å². The van der Waals surface area contributed by atoms with Gasteiger partial charge in [0.1, 0.15) is 17.7 Å². The molecule has 0 saturated heterocycles. The number of hydrogen-bond donors (Lipinski definition) is 3. The van der Waals surface area contributed by atoms with Crippen LogP contribution in [-0.4, -0.2) is 44.3 Å². The molecular weight excluding hydrogens is 442 g/mol. The van der Waals surface area contributed by atoms with Gasteiger partial charge in [-0.25, -0.2) is 9.97 Å². The van der Waals surface area contributed by atoms with Crippen LogP contribution in [0.2, 0.25) is 0 Å². The van der Waals surface area contributed by atoms with Crippen LogP contribution in [0.25, 0.3) is 5.69 Å². The highest BCUT2D eigenvalue weighted by atomic mass is 16.1. The fraction of sp³-hybridized carbons (Fsp3) is 0.423. The lowest BCUT2D eigenvalue weighted by molar-refractivity contribution is -0.111. The molecule has 9 nitrogen and oxygen atoms in total. The first-order chi connectivity index (χ1) is 17.2. The van der Waals surface area contributed by atoms with Gasteiger partial charge in [-0.2, -0.15) is 4.98 Å². The fourth-order valence-electron chi connectivity index (χ4n) is 4.19. The Balaban J connectivity index is 1.43. The summed E-state index contributed by atoms with van der Waals surface area (Å²) in [6, 6.07) is 8.12. The molecule has 0 spiro atoms. The van der Waals surface area contributed by atoms with Crippen LogP contribution in [-0.2, 0) is 11.3 Å². The topological polar surface area (TPSA) is 114 Å². The first kappa shape index (κ1) is 24.4. The molecule has 3 N–H and O–H groups in total. The molecule has 4 rings (SSSR count). The van der Waals surface area contributed by atoms with Gasteiger partial charge in [0.2, 0.25) is 5.95 Å². The van der Waals surface area contributed by atoms with Crippen molar-refractivity contribution >= 4 is 24.0 Å². The fourth-order valence-corrected chi connectivity index (χ4v) is 4.19. The van der Waals surface area contributed by atoms with Gasteiger partial charge in [0.15, 0.2) is 0 Å². The summed E-state index contributed by atoms with van der Waals surface area (Å²) >= 11 is 0. The number of hydrogen-bond acceptors (Lipinski definition) is 7. The maximum absolute atomic E-state index is 13.1. The number of imidazole rings is 1. The van der Waals surface area contributed by atoms with Gasteiger partial charge in [0.05, 0.1) is 6.33 Å². The van der Waals surface area contributed by atoms with Crippen molar-refractivity contribution < 1.29 is 9.59 Å². The van der Waals surface area contributed by atoms with Gasteiger partial charge in [0.25, 0.3) is 5.91 Å². The molecule has 0 aliphatic heterocycles. The van der Waals surface area contributed by atoms with Crippen LogP contribution in [0, 0.1) is 5.92 Å². The second-order valence-electron chi connectivity index (χ2n) is 8.95. The number of carbonyl (C=O) groups is 2. The third-order valence-electron chi connectivity index (χ3n) is 6.34. The Morgan fingerprint density at radius 1 is 1.17 bits per heavy atom. The highest BCUT2D eigenvalue weighted by Gasteiger charge is 2.23. The van der Waals surface area contributed by atoms with Crippen molar-refractivity contribution in [2.45, 2.75) is 58.0 Å². The molecule has 0 unspecified atom stereocenters. The van der Waals surface area contributed by atoms with E-state index in [-0.39, 0.29) is 17.9 Å². The highest BCUT2D eigenvalue weighted by Crippen LogP contribution is 2.26. The number of aromatic nitrogens is 4. The molecule has 1 aromatic carbocycles. The smallest absolute Gasteiger partial charge is 0.256 e. The third-order valence-corrected chi connectivity index (χ3v) is 6.34. The molecular formula is C26H33N7O2. The van der Waals surface area contributed by atoms with Crippen molar-refractivity contribution in [1.82, 2.24) is 24.8 Å². The number of benzene rings is 1. The first-order valence-electron chi connectivity index (χ1n) is 12.3. The van der Waals surface area contributed by atoms with E-state index in [9.17, 15) is 9.59 Å². The zero-order valence-electron chi connectivity index (χ0n) is 20.1. The van der Waals surface area contributed by atoms with Gasteiger partial charge in [-0.05, 0) is 49.8 Å². The number of nitrogens with zero attached hydrogens (tertiary/aromatic N) is 4. The molecule has 2 aromatic heterocycles. The Kier molecular flexibility index (Phi) is 8.43.